The van der Waals surface area contributed by atoms with E-state index < -0.39 is 16.0 Å². The Balaban J connectivity index is 1.65. The molecule has 1 aliphatic heterocycles. The molecule has 1 aromatic heterocycles. The average Bonchev–Trinajstić information content (AvgIpc) is 2.72. The maximum atomic E-state index is 12.4. The van der Waals surface area contributed by atoms with Crippen molar-refractivity contribution in [1.29, 1.82) is 5.26 Å². The Hall–Kier alpha value is -3.49. The van der Waals surface area contributed by atoms with Crippen LogP contribution in [0.2, 0.25) is 0 Å². The second-order valence-electron chi connectivity index (χ2n) is 6.18. The van der Waals surface area contributed by atoms with Gasteiger partial charge in [0.05, 0.1) is 4.90 Å². The summed E-state index contributed by atoms with van der Waals surface area (Å²) in [5, 5.41) is 11.8. The average molecular weight is 414 g/mol. The third-order valence-electron chi connectivity index (χ3n) is 4.22. The number of carbonyl (C=O) groups excluding carboxylic acids is 1. The molecule has 3 rings (SSSR count). The highest BCUT2D eigenvalue weighted by atomic mass is 32.2. The van der Waals surface area contributed by atoms with Crippen LogP contribution >= 0.6 is 0 Å². The maximum Gasteiger partial charge on any atom is 0.294 e. The molecule has 1 amide bonds. The Bertz CT molecular complexity index is 1060. The zero-order chi connectivity index (χ0) is 20.9. The van der Waals surface area contributed by atoms with E-state index in [1.807, 2.05) is 15.9 Å². The summed E-state index contributed by atoms with van der Waals surface area (Å²) in [6.07, 6.45) is 4.82. The smallest absolute Gasteiger partial charge is 0.294 e. The molecule has 2 N–H and O–H groups in total. The second kappa shape index (κ2) is 8.68. The number of nitriles is 1. The predicted octanol–water partition coefficient (Wildman–Crippen LogP) is 0.891. The van der Waals surface area contributed by atoms with Crippen molar-refractivity contribution in [3.63, 3.8) is 0 Å². The van der Waals surface area contributed by atoms with Crippen LogP contribution in [0, 0.1) is 11.3 Å². The van der Waals surface area contributed by atoms with Gasteiger partial charge >= 0.3 is 0 Å². The standard InChI is InChI=1S/C18H18N6O4S/c19-12-14(17(25)22-15-3-1-4-16(11-15)29(26,27)28)13-23-7-9-24(10-8-23)18-20-5-2-6-21-18/h1-6,11,13H,7-10H2,(H,22,25)(H,26,27,28)/b14-13-. The van der Waals surface area contributed by atoms with Crippen LogP contribution in [0.5, 0.6) is 0 Å². The minimum Gasteiger partial charge on any atom is -0.373 e. The van der Waals surface area contributed by atoms with Crippen LogP contribution in [0.15, 0.2) is 59.4 Å². The van der Waals surface area contributed by atoms with Gasteiger partial charge in [-0.15, -0.1) is 0 Å². The number of nitrogens with one attached hydrogen (secondary N) is 1. The number of amides is 1. The first-order chi connectivity index (χ1) is 13.9. The molecule has 150 valence electrons. The Morgan fingerprint density at radius 2 is 1.86 bits per heavy atom. The third-order valence-corrected chi connectivity index (χ3v) is 5.07. The molecular weight excluding hydrogens is 396 g/mol. The molecule has 2 aromatic rings. The van der Waals surface area contributed by atoms with Gasteiger partial charge in [0.2, 0.25) is 5.95 Å². The van der Waals surface area contributed by atoms with Crippen LogP contribution in [0.25, 0.3) is 0 Å². The summed E-state index contributed by atoms with van der Waals surface area (Å²) in [4.78, 5) is 24.3. The lowest BCUT2D eigenvalue weighted by Gasteiger charge is -2.34. The number of anilines is 2. The first-order valence-corrected chi connectivity index (χ1v) is 10.1. The molecule has 0 radical (unpaired) electrons. The van der Waals surface area contributed by atoms with Crippen molar-refractivity contribution >= 4 is 27.7 Å². The summed E-state index contributed by atoms with van der Waals surface area (Å²) in [6, 6.07) is 8.74. The summed E-state index contributed by atoms with van der Waals surface area (Å²) in [6.45, 7) is 2.43. The van der Waals surface area contributed by atoms with Crippen molar-refractivity contribution in [3.8, 4) is 6.07 Å². The molecule has 0 spiro atoms. The minimum absolute atomic E-state index is 0.119. The van der Waals surface area contributed by atoms with Gasteiger partial charge in [0.15, 0.2) is 0 Å². The molecule has 0 aliphatic carbocycles. The lowest BCUT2D eigenvalue weighted by Crippen LogP contribution is -2.45. The number of aromatic nitrogens is 2. The van der Waals surface area contributed by atoms with Crippen molar-refractivity contribution < 1.29 is 17.8 Å². The lowest BCUT2D eigenvalue weighted by atomic mass is 10.2. The Morgan fingerprint density at radius 1 is 1.17 bits per heavy atom. The first kappa shape index (κ1) is 20.2. The highest BCUT2D eigenvalue weighted by molar-refractivity contribution is 7.85. The SMILES string of the molecule is N#C/C(=C/N1CCN(c2ncccn2)CC1)C(=O)Nc1cccc(S(=O)(=O)O)c1. The van der Waals surface area contributed by atoms with Crippen LogP contribution < -0.4 is 10.2 Å². The fourth-order valence-electron chi connectivity index (χ4n) is 2.76. The highest BCUT2D eigenvalue weighted by Gasteiger charge is 2.19. The van der Waals surface area contributed by atoms with Gasteiger partial charge in [-0.1, -0.05) is 6.07 Å². The molecule has 0 atom stereocenters. The van der Waals surface area contributed by atoms with E-state index in [0.29, 0.717) is 32.1 Å². The lowest BCUT2D eigenvalue weighted by molar-refractivity contribution is -0.112. The quantitative estimate of drug-likeness (QED) is 0.415. The molecule has 1 aromatic carbocycles. The monoisotopic (exact) mass is 414 g/mol. The van der Waals surface area contributed by atoms with Crippen molar-refractivity contribution in [2.45, 2.75) is 4.90 Å². The van der Waals surface area contributed by atoms with E-state index in [9.17, 15) is 18.5 Å². The molecule has 1 fully saturated rings. The molecule has 2 heterocycles. The zero-order valence-electron chi connectivity index (χ0n) is 15.3. The van der Waals surface area contributed by atoms with E-state index >= 15 is 0 Å². The molecule has 29 heavy (non-hydrogen) atoms. The van der Waals surface area contributed by atoms with Gasteiger partial charge in [-0.05, 0) is 24.3 Å². The van der Waals surface area contributed by atoms with Gasteiger partial charge in [0.1, 0.15) is 11.6 Å². The van der Waals surface area contributed by atoms with Crippen LogP contribution in [0.1, 0.15) is 0 Å². The third kappa shape index (κ3) is 5.28. The van der Waals surface area contributed by atoms with Gasteiger partial charge < -0.3 is 15.1 Å². The number of carbonyl (C=O) groups is 1. The number of rotatable bonds is 5. The number of hydrogen-bond acceptors (Lipinski definition) is 8. The predicted molar refractivity (Wildman–Crippen MR) is 104 cm³/mol. The molecule has 11 heteroatoms. The number of benzene rings is 1. The van der Waals surface area contributed by atoms with E-state index in [1.165, 1.54) is 24.4 Å². The van der Waals surface area contributed by atoms with Crippen molar-refractivity contribution in [2.24, 2.45) is 0 Å². The summed E-state index contributed by atoms with van der Waals surface area (Å²) >= 11 is 0. The summed E-state index contributed by atoms with van der Waals surface area (Å²) < 4.78 is 31.5. The van der Waals surface area contributed by atoms with Crippen LogP contribution in [-0.2, 0) is 14.9 Å². The van der Waals surface area contributed by atoms with Crippen molar-refractivity contribution in [1.82, 2.24) is 14.9 Å². The zero-order valence-corrected chi connectivity index (χ0v) is 16.1. The molecule has 10 nitrogen and oxygen atoms in total. The van der Waals surface area contributed by atoms with Crippen molar-refractivity contribution in [3.05, 3.63) is 54.5 Å². The van der Waals surface area contributed by atoms with Gasteiger partial charge in [-0.2, -0.15) is 13.7 Å². The molecule has 1 aliphatic rings. The van der Waals surface area contributed by atoms with Crippen LogP contribution in [0.4, 0.5) is 11.6 Å². The summed E-state index contributed by atoms with van der Waals surface area (Å²) in [7, 11) is -4.39. The fourth-order valence-corrected chi connectivity index (χ4v) is 3.29. The second-order valence-corrected chi connectivity index (χ2v) is 7.60. The van der Waals surface area contributed by atoms with E-state index in [1.54, 1.807) is 18.5 Å². The fraction of sp³-hybridized carbons (Fsp3) is 0.222. The van der Waals surface area contributed by atoms with Gasteiger partial charge in [-0.3, -0.25) is 9.35 Å². The molecule has 0 bridgehead atoms. The van der Waals surface area contributed by atoms with Crippen LogP contribution in [0.3, 0.4) is 0 Å². The van der Waals surface area contributed by atoms with E-state index in [-0.39, 0.29) is 16.2 Å². The molecule has 0 saturated carbocycles. The van der Waals surface area contributed by atoms with E-state index in [2.05, 4.69) is 15.3 Å². The summed E-state index contributed by atoms with van der Waals surface area (Å²) in [5.41, 5.74) is 0.0315. The normalized spacial score (nSPS) is 15.0. The summed E-state index contributed by atoms with van der Waals surface area (Å²) in [5.74, 6) is -0.0399. The van der Waals surface area contributed by atoms with Crippen molar-refractivity contribution in [2.75, 3.05) is 36.4 Å². The van der Waals surface area contributed by atoms with E-state index in [0.717, 1.165) is 6.07 Å². The minimum atomic E-state index is -4.39. The first-order valence-electron chi connectivity index (χ1n) is 8.63. The Kier molecular flexibility index (Phi) is 6.06. The number of hydrogen-bond donors (Lipinski definition) is 2. The Labute approximate surface area is 167 Å². The number of nitrogens with zero attached hydrogens (tertiary/aromatic N) is 5. The molecular formula is C18H18N6O4S. The molecule has 0 unspecified atom stereocenters. The van der Waals surface area contributed by atoms with Gasteiger partial charge in [-0.25, -0.2) is 9.97 Å². The maximum absolute atomic E-state index is 12.4. The molecule has 1 saturated heterocycles. The Morgan fingerprint density at radius 3 is 2.48 bits per heavy atom. The van der Waals surface area contributed by atoms with E-state index in [4.69, 9.17) is 4.55 Å². The van der Waals surface area contributed by atoms with Crippen LogP contribution in [-0.4, -0.2) is 59.9 Å². The van der Waals surface area contributed by atoms with Gasteiger partial charge in [0, 0.05) is 50.5 Å². The van der Waals surface area contributed by atoms with Gasteiger partial charge in [0.25, 0.3) is 16.0 Å². The highest BCUT2D eigenvalue weighted by Crippen LogP contribution is 2.16. The number of piperazine rings is 1. The topological polar surface area (TPSA) is 140 Å². The largest absolute Gasteiger partial charge is 0.373 e.